The van der Waals surface area contributed by atoms with Crippen molar-refractivity contribution in [3.05, 3.63) is 28.0 Å². The first-order valence-corrected chi connectivity index (χ1v) is 6.83. The Morgan fingerprint density at radius 3 is 2.95 bits per heavy atom. The summed E-state index contributed by atoms with van der Waals surface area (Å²) in [5.74, 6) is -1.11. The van der Waals surface area contributed by atoms with Gasteiger partial charge in [-0.2, -0.15) is 0 Å². The molecule has 1 aromatic carbocycles. The predicted molar refractivity (Wildman–Crippen MR) is 72.4 cm³/mol. The Labute approximate surface area is 119 Å². The molecule has 1 aromatic rings. The second kappa shape index (κ2) is 5.88. The van der Waals surface area contributed by atoms with Crippen LogP contribution in [0.15, 0.2) is 16.6 Å². The summed E-state index contributed by atoms with van der Waals surface area (Å²) in [6.07, 6.45) is 1.99. The van der Waals surface area contributed by atoms with Crippen LogP contribution in [0.4, 0.5) is 10.1 Å². The fourth-order valence-corrected chi connectivity index (χ4v) is 2.45. The molecule has 2 unspecified atom stereocenters. The van der Waals surface area contributed by atoms with Crippen LogP contribution in [0.2, 0.25) is 0 Å². The lowest BCUT2D eigenvalue weighted by atomic mass is 10.2. The molecule has 19 heavy (non-hydrogen) atoms. The zero-order valence-electron chi connectivity index (χ0n) is 10.5. The second-order valence-corrected chi connectivity index (χ2v) is 5.45. The van der Waals surface area contributed by atoms with Crippen molar-refractivity contribution in [3.8, 4) is 0 Å². The first kappa shape index (κ1) is 14.3. The predicted octanol–water partition coefficient (Wildman–Crippen LogP) is 2.89. The maximum absolute atomic E-state index is 13.2. The zero-order chi connectivity index (χ0) is 14.0. The van der Waals surface area contributed by atoms with Gasteiger partial charge in [-0.05, 0) is 47.8 Å². The minimum atomic E-state index is -0.573. The molecule has 1 fully saturated rings. The molecule has 0 bridgehead atoms. The van der Waals surface area contributed by atoms with Gasteiger partial charge in [0.2, 0.25) is 0 Å². The number of halogens is 2. The molecule has 2 atom stereocenters. The van der Waals surface area contributed by atoms with Crippen LogP contribution < -0.4 is 5.73 Å². The first-order valence-electron chi connectivity index (χ1n) is 6.04. The lowest BCUT2D eigenvalue weighted by Gasteiger charge is -2.12. The van der Waals surface area contributed by atoms with Crippen LogP contribution in [0.25, 0.3) is 0 Å². The topological polar surface area (TPSA) is 61.5 Å². The van der Waals surface area contributed by atoms with Gasteiger partial charge < -0.3 is 15.2 Å². The average Bonchev–Trinajstić information content (AvgIpc) is 2.77. The van der Waals surface area contributed by atoms with Gasteiger partial charge in [-0.3, -0.25) is 0 Å². The maximum atomic E-state index is 13.2. The van der Waals surface area contributed by atoms with Gasteiger partial charge in [0.25, 0.3) is 0 Å². The molecule has 0 aliphatic carbocycles. The average molecular weight is 332 g/mol. The fourth-order valence-electron chi connectivity index (χ4n) is 1.98. The minimum absolute atomic E-state index is 0.0597. The highest BCUT2D eigenvalue weighted by Crippen LogP contribution is 2.24. The van der Waals surface area contributed by atoms with E-state index in [1.165, 1.54) is 6.07 Å². The second-order valence-electron chi connectivity index (χ2n) is 4.60. The molecule has 0 aromatic heterocycles. The van der Waals surface area contributed by atoms with Crippen LogP contribution in [0.3, 0.4) is 0 Å². The van der Waals surface area contributed by atoms with E-state index in [4.69, 9.17) is 15.2 Å². The molecule has 1 aliphatic rings. The molecule has 1 saturated heterocycles. The van der Waals surface area contributed by atoms with Crippen molar-refractivity contribution >= 4 is 27.6 Å². The first-order chi connectivity index (χ1) is 8.97. The van der Waals surface area contributed by atoms with E-state index in [1.54, 1.807) is 0 Å². The van der Waals surface area contributed by atoms with Gasteiger partial charge in [0, 0.05) is 4.47 Å². The van der Waals surface area contributed by atoms with Crippen molar-refractivity contribution in [2.45, 2.75) is 32.0 Å². The number of nitrogen functional groups attached to an aromatic ring is 1. The number of ether oxygens (including phenoxy) is 2. The van der Waals surface area contributed by atoms with E-state index < -0.39 is 11.8 Å². The summed E-state index contributed by atoms with van der Waals surface area (Å²) in [4.78, 5) is 11.9. The van der Waals surface area contributed by atoms with Gasteiger partial charge in [-0.1, -0.05) is 0 Å². The summed E-state index contributed by atoms with van der Waals surface area (Å²) >= 11 is 3.12. The van der Waals surface area contributed by atoms with Crippen molar-refractivity contribution in [1.29, 1.82) is 0 Å². The normalized spacial score (nSPS) is 22.5. The van der Waals surface area contributed by atoms with Gasteiger partial charge in [0.15, 0.2) is 0 Å². The number of esters is 1. The molecule has 1 heterocycles. The third-order valence-corrected chi connectivity index (χ3v) is 3.68. The highest BCUT2D eigenvalue weighted by atomic mass is 79.9. The van der Waals surface area contributed by atoms with Crippen LogP contribution in [0.1, 0.15) is 30.1 Å². The largest absolute Gasteiger partial charge is 0.459 e. The number of carbonyl (C=O) groups is 1. The van der Waals surface area contributed by atoms with Crippen molar-refractivity contribution in [2.75, 3.05) is 12.3 Å². The molecule has 0 amide bonds. The SMILES string of the molecule is CC1CCC(COC(=O)c2cc(N)c(F)cc2Br)O1. The lowest BCUT2D eigenvalue weighted by molar-refractivity contribution is -0.00271. The molecule has 1 aliphatic heterocycles. The Balaban J connectivity index is 1.98. The number of rotatable bonds is 3. The molecule has 104 valence electrons. The van der Waals surface area contributed by atoms with Crippen molar-refractivity contribution < 1.29 is 18.7 Å². The summed E-state index contributed by atoms with van der Waals surface area (Å²) in [6, 6.07) is 2.42. The van der Waals surface area contributed by atoms with Crippen LogP contribution in [-0.2, 0) is 9.47 Å². The third kappa shape index (κ3) is 3.45. The van der Waals surface area contributed by atoms with Crippen LogP contribution in [0, 0.1) is 5.82 Å². The highest BCUT2D eigenvalue weighted by molar-refractivity contribution is 9.10. The smallest absolute Gasteiger partial charge is 0.339 e. The van der Waals surface area contributed by atoms with Gasteiger partial charge in [0.05, 0.1) is 23.5 Å². The van der Waals surface area contributed by atoms with E-state index in [1.807, 2.05) is 6.92 Å². The molecule has 2 rings (SSSR count). The third-order valence-electron chi connectivity index (χ3n) is 3.03. The van der Waals surface area contributed by atoms with Crippen molar-refractivity contribution in [3.63, 3.8) is 0 Å². The van der Waals surface area contributed by atoms with Gasteiger partial charge in [-0.15, -0.1) is 0 Å². The minimum Gasteiger partial charge on any atom is -0.459 e. The van der Waals surface area contributed by atoms with E-state index in [2.05, 4.69) is 15.9 Å². The van der Waals surface area contributed by atoms with Crippen LogP contribution in [-0.4, -0.2) is 24.8 Å². The zero-order valence-corrected chi connectivity index (χ0v) is 12.1. The Morgan fingerprint density at radius 1 is 1.58 bits per heavy atom. The molecule has 0 radical (unpaired) electrons. The quantitative estimate of drug-likeness (QED) is 0.683. The number of benzene rings is 1. The summed E-state index contributed by atoms with van der Waals surface area (Å²) in [6.45, 7) is 2.19. The Hall–Kier alpha value is -1.14. The fraction of sp³-hybridized carbons (Fsp3) is 0.462. The molecular formula is C13H15BrFNO3. The van der Waals surface area contributed by atoms with Crippen molar-refractivity contribution in [1.82, 2.24) is 0 Å². The standard InChI is InChI=1S/C13H15BrFNO3/c1-7-2-3-8(19-7)6-18-13(17)9-4-12(16)11(15)5-10(9)14/h4-5,7-8H,2-3,6,16H2,1H3. The van der Waals surface area contributed by atoms with E-state index in [9.17, 15) is 9.18 Å². The van der Waals surface area contributed by atoms with Crippen LogP contribution >= 0.6 is 15.9 Å². The van der Waals surface area contributed by atoms with Gasteiger partial charge >= 0.3 is 5.97 Å². The molecular weight excluding hydrogens is 317 g/mol. The number of hydrogen-bond donors (Lipinski definition) is 1. The Kier molecular flexibility index (Phi) is 4.42. The Bertz CT molecular complexity index is 495. The van der Waals surface area contributed by atoms with Crippen LogP contribution in [0.5, 0.6) is 0 Å². The van der Waals surface area contributed by atoms with Gasteiger partial charge in [-0.25, -0.2) is 9.18 Å². The Morgan fingerprint density at radius 2 is 2.32 bits per heavy atom. The highest BCUT2D eigenvalue weighted by Gasteiger charge is 2.24. The van der Waals surface area contributed by atoms with E-state index in [-0.39, 0.29) is 30.1 Å². The van der Waals surface area contributed by atoms with E-state index in [0.29, 0.717) is 4.47 Å². The molecule has 0 saturated carbocycles. The maximum Gasteiger partial charge on any atom is 0.339 e. The summed E-state index contributed by atoms with van der Waals surface area (Å²) < 4.78 is 24.2. The van der Waals surface area contributed by atoms with Crippen molar-refractivity contribution in [2.24, 2.45) is 0 Å². The number of hydrogen-bond acceptors (Lipinski definition) is 4. The summed E-state index contributed by atoms with van der Waals surface area (Å²) in [5.41, 5.74) is 5.57. The molecule has 0 spiro atoms. The van der Waals surface area contributed by atoms with E-state index >= 15 is 0 Å². The lowest BCUT2D eigenvalue weighted by Crippen LogP contribution is -2.19. The monoisotopic (exact) mass is 331 g/mol. The molecule has 2 N–H and O–H groups in total. The number of nitrogens with two attached hydrogens (primary N) is 1. The molecule has 6 heteroatoms. The number of carbonyl (C=O) groups excluding carboxylic acids is 1. The number of anilines is 1. The molecule has 4 nitrogen and oxygen atoms in total. The van der Waals surface area contributed by atoms with Gasteiger partial charge in [0.1, 0.15) is 12.4 Å². The van der Waals surface area contributed by atoms with E-state index in [0.717, 1.165) is 18.9 Å². The summed E-state index contributed by atoms with van der Waals surface area (Å²) in [7, 11) is 0. The summed E-state index contributed by atoms with van der Waals surface area (Å²) in [5, 5.41) is 0.